The highest BCUT2D eigenvalue weighted by Crippen LogP contribution is 2.31. The molecule has 2 aromatic heterocycles. The summed E-state index contributed by atoms with van der Waals surface area (Å²) in [5.74, 6) is -1.37. The lowest BCUT2D eigenvalue weighted by Gasteiger charge is -2.02. The smallest absolute Gasteiger partial charge is 0.345 e. The second-order valence-corrected chi connectivity index (χ2v) is 5.44. The van der Waals surface area contributed by atoms with Crippen molar-refractivity contribution in [2.24, 2.45) is 0 Å². The van der Waals surface area contributed by atoms with Gasteiger partial charge in [-0.15, -0.1) is 11.3 Å². The molecule has 0 atom stereocenters. The fourth-order valence-electron chi connectivity index (χ4n) is 2.10. The van der Waals surface area contributed by atoms with Crippen molar-refractivity contribution in [3.05, 3.63) is 46.7 Å². The van der Waals surface area contributed by atoms with Gasteiger partial charge in [-0.25, -0.2) is 13.9 Å². The fourth-order valence-corrected chi connectivity index (χ4v) is 3.09. The van der Waals surface area contributed by atoms with Crippen LogP contribution in [0.1, 0.15) is 15.4 Å². The van der Waals surface area contributed by atoms with Crippen molar-refractivity contribution in [1.82, 2.24) is 9.78 Å². The quantitative estimate of drug-likeness (QED) is 0.804. The maximum absolute atomic E-state index is 13.4. The summed E-state index contributed by atoms with van der Waals surface area (Å²) in [6.07, 6.45) is 0. The number of rotatable bonds is 4. The molecular weight excluding hydrogens is 295 g/mol. The molecule has 0 bridgehead atoms. The summed E-state index contributed by atoms with van der Waals surface area (Å²) in [5, 5.41) is 14.2. The van der Waals surface area contributed by atoms with Crippen molar-refractivity contribution in [2.45, 2.75) is 6.61 Å². The van der Waals surface area contributed by atoms with Crippen molar-refractivity contribution in [3.8, 4) is 5.69 Å². The standard InChI is InChI=1S/C14H11FN2O3S/c1-20-7-11-10-6-12(14(18)19)21-13(10)17(16-11)9-4-2-3-8(15)5-9/h2-6H,7H2,1H3,(H,18,19). The maximum atomic E-state index is 13.4. The Hall–Kier alpha value is -2.25. The van der Waals surface area contributed by atoms with Crippen LogP contribution in [0.5, 0.6) is 0 Å². The minimum Gasteiger partial charge on any atom is -0.477 e. The van der Waals surface area contributed by atoms with E-state index in [4.69, 9.17) is 9.84 Å². The first-order chi connectivity index (χ1) is 10.1. The number of carboxylic acids is 1. The third-order valence-electron chi connectivity index (χ3n) is 2.98. The summed E-state index contributed by atoms with van der Waals surface area (Å²) in [7, 11) is 1.54. The highest BCUT2D eigenvalue weighted by molar-refractivity contribution is 7.20. The predicted octanol–water partition coefficient (Wildman–Crippen LogP) is 3.07. The molecule has 3 aromatic rings. The first-order valence-corrected chi connectivity index (χ1v) is 6.91. The zero-order valence-electron chi connectivity index (χ0n) is 11.0. The molecule has 108 valence electrons. The maximum Gasteiger partial charge on any atom is 0.345 e. The molecule has 2 heterocycles. The Morgan fingerprint density at radius 1 is 1.48 bits per heavy atom. The van der Waals surface area contributed by atoms with Gasteiger partial charge in [-0.1, -0.05) is 6.07 Å². The molecule has 0 aliphatic heterocycles. The number of thiophene rings is 1. The molecule has 0 saturated carbocycles. The van der Waals surface area contributed by atoms with Gasteiger partial charge >= 0.3 is 5.97 Å². The van der Waals surface area contributed by atoms with Gasteiger partial charge in [0.25, 0.3) is 0 Å². The van der Waals surface area contributed by atoms with Crippen LogP contribution < -0.4 is 0 Å². The SMILES string of the molecule is COCc1nn(-c2cccc(F)c2)c2sc(C(=O)O)cc12. The number of fused-ring (bicyclic) bond motifs is 1. The molecule has 1 N–H and O–H groups in total. The Bertz CT molecular complexity index is 825. The van der Waals surface area contributed by atoms with E-state index >= 15 is 0 Å². The van der Waals surface area contributed by atoms with E-state index in [1.165, 1.54) is 19.2 Å². The van der Waals surface area contributed by atoms with E-state index in [0.29, 0.717) is 21.6 Å². The molecule has 0 spiro atoms. The topological polar surface area (TPSA) is 64.4 Å². The Kier molecular flexibility index (Phi) is 3.44. The lowest BCUT2D eigenvalue weighted by atomic mass is 10.3. The average molecular weight is 306 g/mol. The van der Waals surface area contributed by atoms with E-state index < -0.39 is 5.97 Å². The number of halogens is 1. The summed E-state index contributed by atoms with van der Waals surface area (Å²) in [4.78, 5) is 12.0. The third kappa shape index (κ3) is 2.41. The van der Waals surface area contributed by atoms with Gasteiger partial charge in [0, 0.05) is 12.5 Å². The minimum atomic E-state index is -0.995. The van der Waals surface area contributed by atoms with Crippen LogP contribution in [0.2, 0.25) is 0 Å². The number of aromatic nitrogens is 2. The van der Waals surface area contributed by atoms with Gasteiger partial charge in [0.1, 0.15) is 15.5 Å². The van der Waals surface area contributed by atoms with Crippen LogP contribution in [0, 0.1) is 5.82 Å². The molecule has 21 heavy (non-hydrogen) atoms. The number of hydrogen-bond donors (Lipinski definition) is 1. The highest BCUT2D eigenvalue weighted by atomic mass is 32.1. The predicted molar refractivity (Wildman–Crippen MR) is 76.6 cm³/mol. The molecule has 5 nitrogen and oxygen atoms in total. The lowest BCUT2D eigenvalue weighted by molar-refractivity contribution is 0.0702. The van der Waals surface area contributed by atoms with Gasteiger partial charge in [0.05, 0.1) is 18.0 Å². The second kappa shape index (κ2) is 5.27. The number of benzene rings is 1. The van der Waals surface area contributed by atoms with Crippen LogP contribution in [0.4, 0.5) is 4.39 Å². The number of hydrogen-bond acceptors (Lipinski definition) is 4. The lowest BCUT2D eigenvalue weighted by Crippen LogP contribution is -1.98. The van der Waals surface area contributed by atoms with Crippen molar-refractivity contribution >= 4 is 27.5 Å². The number of ether oxygens (including phenoxy) is 1. The molecule has 3 rings (SSSR count). The van der Waals surface area contributed by atoms with Crippen LogP contribution in [-0.4, -0.2) is 28.0 Å². The first kappa shape index (κ1) is 13.7. The van der Waals surface area contributed by atoms with E-state index in [1.54, 1.807) is 22.9 Å². The first-order valence-electron chi connectivity index (χ1n) is 6.09. The van der Waals surface area contributed by atoms with Crippen LogP contribution in [0.15, 0.2) is 30.3 Å². The largest absolute Gasteiger partial charge is 0.477 e. The molecular formula is C14H11FN2O3S. The average Bonchev–Trinajstić information content (AvgIpc) is 3.00. The van der Waals surface area contributed by atoms with E-state index in [1.807, 2.05) is 0 Å². The van der Waals surface area contributed by atoms with Gasteiger partial charge in [-0.3, -0.25) is 0 Å². The number of carboxylic acid groups (broad SMARTS) is 1. The molecule has 1 aromatic carbocycles. The van der Waals surface area contributed by atoms with Crippen molar-refractivity contribution in [1.29, 1.82) is 0 Å². The Morgan fingerprint density at radius 2 is 2.29 bits per heavy atom. The number of aromatic carboxylic acids is 1. The van der Waals surface area contributed by atoms with Gasteiger partial charge < -0.3 is 9.84 Å². The molecule has 0 radical (unpaired) electrons. The van der Waals surface area contributed by atoms with Crippen molar-refractivity contribution in [3.63, 3.8) is 0 Å². The number of methoxy groups -OCH3 is 1. The van der Waals surface area contributed by atoms with E-state index in [-0.39, 0.29) is 17.3 Å². The summed E-state index contributed by atoms with van der Waals surface area (Å²) < 4.78 is 20.0. The number of nitrogens with zero attached hydrogens (tertiary/aromatic N) is 2. The summed E-state index contributed by atoms with van der Waals surface area (Å²) in [6.45, 7) is 0.259. The molecule has 0 saturated heterocycles. The van der Waals surface area contributed by atoms with Crippen molar-refractivity contribution < 1.29 is 19.0 Å². The van der Waals surface area contributed by atoms with E-state index in [9.17, 15) is 9.18 Å². The monoisotopic (exact) mass is 306 g/mol. The summed E-state index contributed by atoms with van der Waals surface area (Å²) >= 11 is 1.10. The number of carbonyl (C=O) groups is 1. The van der Waals surface area contributed by atoms with E-state index in [2.05, 4.69) is 5.10 Å². The van der Waals surface area contributed by atoms with Crippen LogP contribution in [0.25, 0.3) is 15.9 Å². The zero-order chi connectivity index (χ0) is 15.0. The van der Waals surface area contributed by atoms with Crippen LogP contribution >= 0.6 is 11.3 Å². The summed E-state index contributed by atoms with van der Waals surface area (Å²) in [6, 6.07) is 7.56. The Balaban J connectivity index is 2.24. The van der Waals surface area contributed by atoms with Crippen LogP contribution in [0.3, 0.4) is 0 Å². The Morgan fingerprint density at radius 3 is 2.95 bits per heavy atom. The van der Waals surface area contributed by atoms with Gasteiger partial charge in [0.15, 0.2) is 0 Å². The molecule has 0 aliphatic rings. The highest BCUT2D eigenvalue weighted by Gasteiger charge is 2.18. The van der Waals surface area contributed by atoms with Gasteiger partial charge in [-0.2, -0.15) is 5.10 Å². The molecule has 0 amide bonds. The van der Waals surface area contributed by atoms with Crippen LogP contribution in [-0.2, 0) is 11.3 Å². The minimum absolute atomic E-state index is 0.213. The summed E-state index contributed by atoms with van der Waals surface area (Å²) in [5.41, 5.74) is 1.17. The molecule has 0 fully saturated rings. The molecule has 0 aliphatic carbocycles. The van der Waals surface area contributed by atoms with E-state index in [0.717, 1.165) is 11.3 Å². The van der Waals surface area contributed by atoms with Gasteiger partial charge in [0.2, 0.25) is 0 Å². The fraction of sp³-hybridized carbons (Fsp3) is 0.143. The van der Waals surface area contributed by atoms with Crippen molar-refractivity contribution in [2.75, 3.05) is 7.11 Å². The van der Waals surface area contributed by atoms with Gasteiger partial charge in [-0.05, 0) is 24.3 Å². The molecule has 7 heteroatoms. The second-order valence-electron chi connectivity index (χ2n) is 4.41. The zero-order valence-corrected chi connectivity index (χ0v) is 11.9. The third-order valence-corrected chi connectivity index (χ3v) is 4.08. The molecule has 0 unspecified atom stereocenters. The Labute approximate surface area is 123 Å². The normalized spacial score (nSPS) is 11.1.